The van der Waals surface area contributed by atoms with Gasteiger partial charge in [0, 0.05) is 11.6 Å². The molecule has 1 aromatic heterocycles. The molecule has 4 rings (SSSR count). The molecule has 29 heavy (non-hydrogen) atoms. The maximum absolute atomic E-state index is 13.0. The van der Waals surface area contributed by atoms with Gasteiger partial charge < -0.3 is 34.3 Å². The van der Waals surface area contributed by atoms with Gasteiger partial charge in [0.25, 0.3) is 5.91 Å². The maximum Gasteiger partial charge on any atom is 0.252 e. The van der Waals surface area contributed by atoms with E-state index in [1.165, 1.54) is 11.3 Å². The number of hydrogen-bond acceptors (Lipinski definition) is 9. The van der Waals surface area contributed by atoms with Crippen molar-refractivity contribution in [2.75, 3.05) is 5.32 Å². The van der Waals surface area contributed by atoms with Gasteiger partial charge in [-0.05, 0) is 34.6 Å². The molecule has 4 heterocycles. The van der Waals surface area contributed by atoms with Crippen molar-refractivity contribution in [3.05, 3.63) is 11.6 Å². The van der Waals surface area contributed by atoms with Crippen molar-refractivity contribution < 1.29 is 33.3 Å². The lowest BCUT2D eigenvalue weighted by molar-refractivity contribution is -0.231. The average molecular weight is 427 g/mol. The Morgan fingerprint density at radius 2 is 1.72 bits per heavy atom. The average Bonchev–Trinajstić information content (AvgIpc) is 3.29. The first-order valence-electron chi connectivity index (χ1n) is 9.42. The molecular formula is C18H25N3O7S. The molecule has 10 nitrogen and oxygen atoms in total. The highest BCUT2D eigenvalue weighted by Crippen LogP contribution is 2.44. The van der Waals surface area contributed by atoms with Crippen molar-refractivity contribution in [3.8, 4) is 0 Å². The molecule has 0 bridgehead atoms. The number of carbonyl (C=O) groups excluding carboxylic acids is 2. The summed E-state index contributed by atoms with van der Waals surface area (Å²) < 4.78 is 29.5. The zero-order chi connectivity index (χ0) is 21.0. The highest BCUT2D eigenvalue weighted by Gasteiger charge is 2.62. The zero-order valence-electron chi connectivity index (χ0n) is 16.8. The molecule has 160 valence electrons. The Bertz CT molecular complexity index is 784. The highest BCUT2D eigenvalue weighted by molar-refractivity contribution is 7.13. The van der Waals surface area contributed by atoms with Crippen LogP contribution in [0.3, 0.4) is 0 Å². The second-order valence-electron chi connectivity index (χ2n) is 8.15. The van der Waals surface area contributed by atoms with E-state index in [1.54, 1.807) is 46.2 Å². The molecular weight excluding hydrogens is 402 g/mol. The van der Waals surface area contributed by atoms with Gasteiger partial charge in [0.15, 0.2) is 29.1 Å². The Morgan fingerprint density at radius 3 is 2.41 bits per heavy atom. The summed E-state index contributed by atoms with van der Waals surface area (Å²) in [6.45, 7) is 8.65. The maximum atomic E-state index is 13.0. The van der Waals surface area contributed by atoms with Gasteiger partial charge in [-0.1, -0.05) is 0 Å². The van der Waals surface area contributed by atoms with Gasteiger partial charge in [-0.15, -0.1) is 11.3 Å². The van der Waals surface area contributed by atoms with Crippen molar-refractivity contribution >= 4 is 28.3 Å². The first-order valence-corrected chi connectivity index (χ1v) is 10.3. The molecule has 3 aliphatic rings. The molecule has 0 aromatic carbocycles. The van der Waals surface area contributed by atoms with Crippen LogP contribution in [0.15, 0.2) is 11.6 Å². The topological polar surface area (TPSA) is 117 Å². The summed E-state index contributed by atoms with van der Waals surface area (Å²) in [5, 5.41) is 7.53. The van der Waals surface area contributed by atoms with Crippen LogP contribution in [0.1, 0.15) is 34.6 Å². The molecule has 3 fully saturated rings. The third kappa shape index (κ3) is 4.16. The summed E-state index contributed by atoms with van der Waals surface area (Å²) in [5.74, 6) is -2.66. The van der Waals surface area contributed by atoms with Crippen molar-refractivity contribution in [2.24, 2.45) is 0 Å². The van der Waals surface area contributed by atoms with Crippen LogP contribution in [0.4, 0.5) is 5.13 Å². The molecule has 0 spiro atoms. The van der Waals surface area contributed by atoms with Crippen LogP contribution in [-0.2, 0) is 33.3 Å². The predicted octanol–water partition coefficient (Wildman–Crippen LogP) is 0.983. The van der Waals surface area contributed by atoms with E-state index < -0.39 is 54.2 Å². The molecule has 0 radical (unpaired) electrons. The van der Waals surface area contributed by atoms with Crippen LogP contribution < -0.4 is 10.6 Å². The number of nitrogens with zero attached hydrogens (tertiary/aromatic N) is 1. The van der Waals surface area contributed by atoms with Gasteiger partial charge in [-0.2, -0.15) is 0 Å². The third-order valence-corrected chi connectivity index (χ3v) is 5.52. The Kier molecular flexibility index (Phi) is 5.16. The van der Waals surface area contributed by atoms with E-state index in [4.69, 9.17) is 23.7 Å². The first kappa shape index (κ1) is 20.6. The number of thiazole rings is 1. The number of nitrogens with one attached hydrogen (secondary N) is 2. The molecule has 1 aromatic rings. The minimum Gasteiger partial charge on any atom is -0.342 e. The normalized spacial score (nSPS) is 35.4. The van der Waals surface area contributed by atoms with Crippen molar-refractivity contribution in [3.63, 3.8) is 0 Å². The summed E-state index contributed by atoms with van der Waals surface area (Å²) in [7, 11) is 0. The van der Waals surface area contributed by atoms with Crippen molar-refractivity contribution in [1.29, 1.82) is 0 Å². The van der Waals surface area contributed by atoms with Gasteiger partial charge in [-0.25, -0.2) is 4.98 Å². The van der Waals surface area contributed by atoms with Gasteiger partial charge in [0.05, 0.1) is 0 Å². The van der Waals surface area contributed by atoms with Gasteiger partial charge in [0.1, 0.15) is 24.4 Å². The fraction of sp³-hybridized carbons (Fsp3) is 0.722. The molecule has 0 unspecified atom stereocenters. The van der Waals surface area contributed by atoms with Crippen LogP contribution in [0.5, 0.6) is 0 Å². The fourth-order valence-corrected chi connectivity index (χ4v) is 4.22. The van der Waals surface area contributed by atoms with Crippen LogP contribution in [-0.4, -0.2) is 65.1 Å². The van der Waals surface area contributed by atoms with Crippen molar-refractivity contribution in [1.82, 2.24) is 10.3 Å². The minimum absolute atomic E-state index is 0.385. The predicted molar refractivity (Wildman–Crippen MR) is 101 cm³/mol. The molecule has 6 atom stereocenters. The number of hydrogen-bond donors (Lipinski definition) is 2. The number of ether oxygens (including phenoxy) is 5. The van der Waals surface area contributed by atoms with E-state index in [2.05, 4.69) is 15.6 Å². The molecule has 0 aliphatic carbocycles. The minimum atomic E-state index is -1.02. The third-order valence-electron chi connectivity index (χ3n) is 4.83. The van der Waals surface area contributed by atoms with E-state index in [9.17, 15) is 9.59 Å². The number of fused-ring (bicyclic) bond motifs is 3. The monoisotopic (exact) mass is 427 g/mol. The Hall–Kier alpha value is -1.63. The summed E-state index contributed by atoms with van der Waals surface area (Å²) >= 11 is 1.29. The van der Waals surface area contributed by atoms with E-state index in [-0.39, 0.29) is 5.91 Å². The summed E-state index contributed by atoms with van der Waals surface area (Å²) in [6.07, 6.45) is -1.97. The second kappa shape index (κ2) is 7.25. The largest absolute Gasteiger partial charge is 0.342 e. The molecule has 0 saturated carbocycles. The SMILES string of the molecule is C[C@H](NC(=O)[C@H]1O[C@@H]2OC(C)(C)O[C@@H]2[C@H]2OC(C)(C)O[C@H]21)C(=O)Nc1nccs1. The van der Waals surface area contributed by atoms with Crippen LogP contribution in [0, 0.1) is 0 Å². The number of anilines is 1. The Labute approximate surface area is 172 Å². The second-order valence-corrected chi connectivity index (χ2v) is 9.04. The number of carbonyl (C=O) groups is 2. The molecule has 2 N–H and O–H groups in total. The van der Waals surface area contributed by atoms with E-state index >= 15 is 0 Å². The van der Waals surface area contributed by atoms with Crippen LogP contribution >= 0.6 is 11.3 Å². The lowest BCUT2D eigenvalue weighted by Gasteiger charge is -2.36. The lowest BCUT2D eigenvalue weighted by atomic mass is 9.98. The van der Waals surface area contributed by atoms with Gasteiger partial charge >= 0.3 is 0 Å². The van der Waals surface area contributed by atoms with E-state index in [0.717, 1.165) is 0 Å². The smallest absolute Gasteiger partial charge is 0.252 e. The van der Waals surface area contributed by atoms with Crippen LogP contribution in [0.2, 0.25) is 0 Å². The Balaban J connectivity index is 1.46. The molecule has 11 heteroatoms. The van der Waals surface area contributed by atoms with E-state index in [1.807, 2.05) is 0 Å². The summed E-state index contributed by atoms with van der Waals surface area (Å²) in [6, 6.07) is -0.807. The van der Waals surface area contributed by atoms with Crippen molar-refractivity contribution in [2.45, 2.75) is 82.9 Å². The van der Waals surface area contributed by atoms with Gasteiger partial charge in [-0.3, -0.25) is 9.59 Å². The fourth-order valence-electron chi connectivity index (χ4n) is 3.68. The first-order chi connectivity index (χ1) is 13.5. The lowest BCUT2D eigenvalue weighted by Crippen LogP contribution is -2.60. The number of aromatic nitrogens is 1. The van der Waals surface area contributed by atoms with E-state index in [0.29, 0.717) is 5.13 Å². The van der Waals surface area contributed by atoms with Crippen LogP contribution in [0.25, 0.3) is 0 Å². The molecule has 3 saturated heterocycles. The number of rotatable bonds is 4. The quantitative estimate of drug-likeness (QED) is 0.730. The molecule has 2 amide bonds. The molecule has 3 aliphatic heterocycles. The highest BCUT2D eigenvalue weighted by atomic mass is 32.1. The number of amides is 2. The summed E-state index contributed by atoms with van der Waals surface area (Å²) in [5.41, 5.74) is 0. The van der Waals surface area contributed by atoms with Gasteiger partial charge in [0.2, 0.25) is 5.91 Å². The Morgan fingerprint density at radius 1 is 1.07 bits per heavy atom. The zero-order valence-corrected chi connectivity index (χ0v) is 17.6. The standard InChI is InChI=1S/C18H25N3O7S/c1-8(13(22)21-16-19-6-7-29-16)20-14(23)11-9-10(26-17(2,3)25-9)12-15(24-11)28-18(4,5)27-12/h6-12,15H,1-5H3,(H,20,23)(H,19,21,22)/t8-,9+,10-,11-,12+,15+/m0/s1. The summed E-state index contributed by atoms with van der Waals surface area (Å²) in [4.78, 5) is 29.3.